The highest BCUT2D eigenvalue weighted by Crippen LogP contribution is 2.18. The first kappa shape index (κ1) is 17.7. The van der Waals surface area contributed by atoms with E-state index in [0.29, 0.717) is 13.0 Å². The summed E-state index contributed by atoms with van der Waals surface area (Å²) in [5.74, 6) is 0.106. The van der Waals surface area contributed by atoms with E-state index >= 15 is 0 Å². The fourth-order valence-electron chi connectivity index (χ4n) is 2.29. The second-order valence-electron chi connectivity index (χ2n) is 4.91. The summed E-state index contributed by atoms with van der Waals surface area (Å²) in [6.07, 6.45) is 5.65. The second-order valence-corrected chi connectivity index (χ2v) is 4.91. The van der Waals surface area contributed by atoms with E-state index in [4.69, 9.17) is 10.5 Å². The van der Waals surface area contributed by atoms with E-state index < -0.39 is 0 Å². The highest BCUT2D eigenvalue weighted by atomic mass is 35.5. The van der Waals surface area contributed by atoms with Crippen molar-refractivity contribution in [2.24, 2.45) is 5.73 Å². The zero-order chi connectivity index (χ0) is 12.7. The molecule has 0 aromatic heterocycles. The monoisotopic (exact) mass is 278 g/mol. The van der Waals surface area contributed by atoms with Crippen LogP contribution in [-0.4, -0.2) is 30.7 Å². The van der Waals surface area contributed by atoms with Crippen LogP contribution in [0.3, 0.4) is 0 Å². The molecule has 0 aromatic rings. The van der Waals surface area contributed by atoms with Crippen molar-refractivity contribution < 1.29 is 9.53 Å². The van der Waals surface area contributed by atoms with Crippen molar-refractivity contribution in [3.8, 4) is 0 Å². The van der Waals surface area contributed by atoms with Crippen LogP contribution in [0.15, 0.2) is 0 Å². The molecule has 18 heavy (non-hydrogen) atoms. The summed E-state index contributed by atoms with van der Waals surface area (Å²) in [6.45, 7) is 5.49. The normalized spacial score (nSPS) is 19.4. The van der Waals surface area contributed by atoms with Gasteiger partial charge in [-0.1, -0.05) is 13.8 Å². The quantitative estimate of drug-likeness (QED) is 0.749. The van der Waals surface area contributed by atoms with E-state index in [9.17, 15) is 4.79 Å². The third kappa shape index (κ3) is 5.12. The maximum absolute atomic E-state index is 11.9. The Labute approximate surface area is 116 Å². The summed E-state index contributed by atoms with van der Waals surface area (Å²) in [5, 5.41) is 3.08. The van der Waals surface area contributed by atoms with Crippen LogP contribution >= 0.6 is 12.4 Å². The molecule has 4 nitrogen and oxygen atoms in total. The number of carbonyl (C=O) groups excluding carboxylic acids is 1. The van der Waals surface area contributed by atoms with Gasteiger partial charge in [-0.2, -0.15) is 0 Å². The van der Waals surface area contributed by atoms with Crippen molar-refractivity contribution in [2.45, 2.75) is 64.0 Å². The van der Waals surface area contributed by atoms with Gasteiger partial charge in [0.25, 0.3) is 0 Å². The third-order valence-corrected chi connectivity index (χ3v) is 3.87. The third-order valence-electron chi connectivity index (χ3n) is 3.87. The average molecular weight is 279 g/mol. The molecule has 1 amide bonds. The van der Waals surface area contributed by atoms with Crippen molar-refractivity contribution in [1.29, 1.82) is 0 Å². The van der Waals surface area contributed by atoms with Crippen LogP contribution in [0.4, 0.5) is 0 Å². The molecule has 0 radical (unpaired) electrons. The molecular formula is C13H27ClN2O2. The van der Waals surface area contributed by atoms with Gasteiger partial charge in [-0.3, -0.25) is 4.79 Å². The van der Waals surface area contributed by atoms with Crippen molar-refractivity contribution in [3.63, 3.8) is 0 Å². The lowest BCUT2D eigenvalue weighted by atomic mass is 9.92. The number of nitrogens with two attached hydrogens (primary N) is 1. The van der Waals surface area contributed by atoms with Crippen LogP contribution in [0.1, 0.15) is 52.4 Å². The lowest BCUT2D eigenvalue weighted by Gasteiger charge is -2.31. The fourth-order valence-corrected chi connectivity index (χ4v) is 2.29. The number of halogens is 1. The van der Waals surface area contributed by atoms with Crippen LogP contribution in [0.25, 0.3) is 0 Å². The minimum atomic E-state index is -0.215. The Morgan fingerprint density at radius 3 is 2.56 bits per heavy atom. The van der Waals surface area contributed by atoms with E-state index in [1.54, 1.807) is 0 Å². The van der Waals surface area contributed by atoms with E-state index in [0.717, 1.165) is 38.7 Å². The lowest BCUT2D eigenvalue weighted by Crippen LogP contribution is -2.52. The molecule has 108 valence electrons. The summed E-state index contributed by atoms with van der Waals surface area (Å²) < 4.78 is 5.51. The minimum absolute atomic E-state index is 0. The van der Waals surface area contributed by atoms with Crippen LogP contribution in [0.5, 0.6) is 0 Å². The fraction of sp³-hybridized carbons (Fsp3) is 0.923. The molecular weight excluding hydrogens is 252 g/mol. The lowest BCUT2D eigenvalue weighted by molar-refractivity contribution is -0.123. The molecule has 0 saturated carbocycles. The van der Waals surface area contributed by atoms with Gasteiger partial charge in [0.1, 0.15) is 0 Å². The van der Waals surface area contributed by atoms with E-state index in [2.05, 4.69) is 19.2 Å². The summed E-state index contributed by atoms with van der Waals surface area (Å²) in [4.78, 5) is 11.9. The van der Waals surface area contributed by atoms with Gasteiger partial charge in [-0.15, -0.1) is 12.4 Å². The molecule has 3 N–H and O–H groups in total. The van der Waals surface area contributed by atoms with Crippen LogP contribution in [-0.2, 0) is 9.53 Å². The van der Waals surface area contributed by atoms with Crippen molar-refractivity contribution in [2.75, 3.05) is 13.2 Å². The van der Waals surface area contributed by atoms with Gasteiger partial charge in [-0.25, -0.2) is 0 Å². The molecule has 0 spiro atoms. The molecule has 1 saturated heterocycles. The van der Waals surface area contributed by atoms with Gasteiger partial charge in [0.2, 0.25) is 5.91 Å². The molecule has 1 rings (SSSR count). The highest BCUT2D eigenvalue weighted by Gasteiger charge is 2.26. The van der Waals surface area contributed by atoms with Crippen LogP contribution in [0, 0.1) is 0 Å². The number of nitrogens with one attached hydrogen (secondary N) is 1. The van der Waals surface area contributed by atoms with Crippen LogP contribution in [0.2, 0.25) is 0 Å². The SMILES string of the molecule is CCC(CC)(CN)NC(=O)CCC1CCCO1.Cl. The second kappa shape index (κ2) is 8.73. The molecule has 5 heteroatoms. The predicted octanol–water partition coefficient (Wildman–Crippen LogP) is 2.00. The number of carbonyl (C=O) groups is 1. The first-order valence-corrected chi connectivity index (χ1v) is 6.78. The van der Waals surface area contributed by atoms with Gasteiger partial charge < -0.3 is 15.8 Å². The first-order chi connectivity index (χ1) is 8.15. The maximum Gasteiger partial charge on any atom is 0.220 e. The first-order valence-electron chi connectivity index (χ1n) is 6.78. The molecule has 1 aliphatic rings. The van der Waals surface area contributed by atoms with E-state index in [1.807, 2.05) is 0 Å². The predicted molar refractivity (Wildman–Crippen MR) is 76.0 cm³/mol. The summed E-state index contributed by atoms with van der Waals surface area (Å²) in [6, 6.07) is 0. The largest absolute Gasteiger partial charge is 0.378 e. The topological polar surface area (TPSA) is 64.3 Å². The van der Waals surface area contributed by atoms with Crippen molar-refractivity contribution in [3.05, 3.63) is 0 Å². The zero-order valence-electron chi connectivity index (χ0n) is 11.5. The van der Waals surface area contributed by atoms with E-state index in [1.165, 1.54) is 0 Å². The summed E-state index contributed by atoms with van der Waals surface area (Å²) in [7, 11) is 0. The van der Waals surface area contributed by atoms with Crippen molar-refractivity contribution >= 4 is 18.3 Å². The smallest absolute Gasteiger partial charge is 0.220 e. The molecule has 1 atom stereocenters. The number of hydrogen-bond acceptors (Lipinski definition) is 3. The van der Waals surface area contributed by atoms with Crippen LogP contribution < -0.4 is 11.1 Å². The van der Waals surface area contributed by atoms with E-state index in [-0.39, 0.29) is 30.0 Å². The van der Waals surface area contributed by atoms with Crippen molar-refractivity contribution in [1.82, 2.24) is 5.32 Å². The molecule has 0 aromatic carbocycles. The molecule has 0 bridgehead atoms. The maximum atomic E-state index is 11.9. The summed E-state index contributed by atoms with van der Waals surface area (Å²) >= 11 is 0. The molecule has 1 fully saturated rings. The number of hydrogen-bond donors (Lipinski definition) is 2. The molecule has 1 aliphatic heterocycles. The standard InChI is InChI=1S/C13H26N2O2.ClH/c1-3-13(4-2,10-14)15-12(16)8-7-11-6-5-9-17-11;/h11H,3-10,14H2,1-2H3,(H,15,16);1H. The Morgan fingerprint density at radius 2 is 2.11 bits per heavy atom. The van der Waals surface area contributed by atoms with Gasteiger partial charge in [0.05, 0.1) is 11.6 Å². The summed E-state index contributed by atoms with van der Waals surface area (Å²) in [5.41, 5.74) is 5.54. The van der Waals surface area contributed by atoms with Gasteiger partial charge >= 0.3 is 0 Å². The van der Waals surface area contributed by atoms with Gasteiger partial charge in [0.15, 0.2) is 0 Å². The van der Waals surface area contributed by atoms with Gasteiger partial charge in [0, 0.05) is 19.6 Å². The number of rotatable bonds is 7. The van der Waals surface area contributed by atoms with Gasteiger partial charge in [-0.05, 0) is 32.1 Å². The highest BCUT2D eigenvalue weighted by molar-refractivity contribution is 5.85. The number of ether oxygens (including phenoxy) is 1. The Balaban J connectivity index is 0.00000289. The Kier molecular flexibility index (Phi) is 8.57. The Morgan fingerprint density at radius 1 is 1.44 bits per heavy atom. The molecule has 1 heterocycles. The Bertz CT molecular complexity index is 231. The molecule has 0 aliphatic carbocycles. The number of amides is 1. The average Bonchev–Trinajstić information content (AvgIpc) is 2.87. The molecule has 1 unspecified atom stereocenters. The minimum Gasteiger partial charge on any atom is -0.378 e. The Hall–Kier alpha value is -0.320. The zero-order valence-corrected chi connectivity index (χ0v) is 12.4.